The number of carbonyl (C=O) groups excluding carboxylic acids is 1. The standard InChI is InChI=1S/C12H17FN2O4S/c1-19-12(16)11-9(13)5-4-6-10(11)20(17,18)15-8-3-2-7-14/h4-6,15H,2-3,7-8,14H2,1H3. The molecule has 0 spiro atoms. The Hall–Kier alpha value is -1.51. The van der Waals surface area contributed by atoms with E-state index in [1.807, 2.05) is 0 Å². The van der Waals surface area contributed by atoms with Crippen molar-refractivity contribution in [2.45, 2.75) is 17.7 Å². The summed E-state index contributed by atoms with van der Waals surface area (Å²) in [6.45, 7) is 0.617. The average molecular weight is 304 g/mol. The van der Waals surface area contributed by atoms with Crippen LogP contribution < -0.4 is 10.5 Å². The molecule has 0 amide bonds. The number of nitrogens with two attached hydrogens (primary N) is 1. The molecule has 1 rings (SSSR count). The van der Waals surface area contributed by atoms with Gasteiger partial charge in [0.1, 0.15) is 11.4 Å². The molecule has 8 heteroatoms. The highest BCUT2D eigenvalue weighted by atomic mass is 32.2. The lowest BCUT2D eigenvalue weighted by molar-refractivity contribution is 0.0590. The van der Waals surface area contributed by atoms with Gasteiger partial charge in [0.25, 0.3) is 0 Å². The molecule has 112 valence electrons. The Kier molecular flexibility index (Phi) is 6.05. The van der Waals surface area contributed by atoms with E-state index in [0.717, 1.165) is 19.2 Å². The van der Waals surface area contributed by atoms with Crippen molar-refractivity contribution in [3.05, 3.63) is 29.6 Å². The third kappa shape index (κ3) is 3.99. The summed E-state index contributed by atoms with van der Waals surface area (Å²) >= 11 is 0. The average Bonchev–Trinajstić information content (AvgIpc) is 2.42. The summed E-state index contributed by atoms with van der Waals surface area (Å²) in [5.74, 6) is -1.98. The van der Waals surface area contributed by atoms with Crippen LogP contribution in [0, 0.1) is 5.82 Å². The minimum absolute atomic E-state index is 0.163. The van der Waals surface area contributed by atoms with E-state index in [4.69, 9.17) is 5.73 Å². The number of esters is 1. The second-order valence-corrected chi connectivity index (χ2v) is 5.73. The highest BCUT2D eigenvalue weighted by Crippen LogP contribution is 2.19. The highest BCUT2D eigenvalue weighted by molar-refractivity contribution is 7.89. The summed E-state index contributed by atoms with van der Waals surface area (Å²) in [5.41, 5.74) is 4.71. The Bertz CT molecular complexity index is 575. The number of methoxy groups -OCH3 is 1. The van der Waals surface area contributed by atoms with E-state index in [1.54, 1.807) is 0 Å². The number of halogens is 1. The molecule has 0 heterocycles. The second kappa shape index (κ2) is 7.32. The first-order chi connectivity index (χ1) is 9.44. The van der Waals surface area contributed by atoms with Gasteiger partial charge in [-0.25, -0.2) is 22.3 Å². The van der Waals surface area contributed by atoms with Crippen molar-refractivity contribution in [1.82, 2.24) is 4.72 Å². The number of nitrogens with one attached hydrogen (secondary N) is 1. The van der Waals surface area contributed by atoms with Crippen molar-refractivity contribution in [3.8, 4) is 0 Å². The van der Waals surface area contributed by atoms with Crippen molar-refractivity contribution in [2.24, 2.45) is 5.73 Å². The number of unbranched alkanes of at least 4 members (excludes halogenated alkanes) is 1. The lowest BCUT2D eigenvalue weighted by Gasteiger charge is -2.10. The van der Waals surface area contributed by atoms with Crippen molar-refractivity contribution in [2.75, 3.05) is 20.2 Å². The Morgan fingerprint density at radius 2 is 2.10 bits per heavy atom. The van der Waals surface area contributed by atoms with Crippen molar-refractivity contribution in [1.29, 1.82) is 0 Å². The fourth-order valence-electron chi connectivity index (χ4n) is 1.58. The quantitative estimate of drug-likeness (QED) is 0.568. The van der Waals surface area contributed by atoms with E-state index in [1.165, 1.54) is 6.07 Å². The maximum absolute atomic E-state index is 13.7. The van der Waals surface area contributed by atoms with Crippen molar-refractivity contribution >= 4 is 16.0 Å². The van der Waals surface area contributed by atoms with Gasteiger partial charge in [-0.05, 0) is 31.5 Å². The third-order valence-corrected chi connectivity index (χ3v) is 4.08. The van der Waals surface area contributed by atoms with E-state index >= 15 is 0 Å². The summed E-state index contributed by atoms with van der Waals surface area (Å²) in [4.78, 5) is 11.1. The van der Waals surface area contributed by atoms with E-state index in [9.17, 15) is 17.6 Å². The zero-order valence-corrected chi connectivity index (χ0v) is 11.9. The van der Waals surface area contributed by atoms with Crippen LogP contribution in [-0.4, -0.2) is 34.6 Å². The van der Waals surface area contributed by atoms with Crippen LogP contribution >= 0.6 is 0 Å². The Morgan fingerprint density at radius 1 is 1.40 bits per heavy atom. The predicted molar refractivity (Wildman–Crippen MR) is 71.2 cm³/mol. The van der Waals surface area contributed by atoms with E-state index in [0.29, 0.717) is 19.4 Å². The first-order valence-corrected chi connectivity index (χ1v) is 7.49. The number of hydrogen-bond donors (Lipinski definition) is 2. The van der Waals surface area contributed by atoms with Crippen molar-refractivity contribution < 1.29 is 22.3 Å². The molecule has 1 aromatic rings. The smallest absolute Gasteiger partial charge is 0.342 e. The monoisotopic (exact) mass is 304 g/mol. The van der Waals surface area contributed by atoms with Gasteiger partial charge in [0.05, 0.1) is 12.0 Å². The zero-order valence-electron chi connectivity index (χ0n) is 11.1. The predicted octanol–water partition coefficient (Wildman–Crippen LogP) is 0.630. The maximum Gasteiger partial charge on any atom is 0.342 e. The molecule has 3 N–H and O–H groups in total. The lowest BCUT2D eigenvalue weighted by atomic mass is 10.2. The topological polar surface area (TPSA) is 98.5 Å². The van der Waals surface area contributed by atoms with E-state index in [2.05, 4.69) is 9.46 Å². The minimum atomic E-state index is -3.98. The van der Waals surface area contributed by atoms with Crippen LogP contribution in [0.4, 0.5) is 4.39 Å². The molecule has 0 fully saturated rings. The number of sulfonamides is 1. The van der Waals surface area contributed by atoms with Gasteiger partial charge in [0.15, 0.2) is 0 Å². The molecule has 20 heavy (non-hydrogen) atoms. The molecular weight excluding hydrogens is 287 g/mol. The molecular formula is C12H17FN2O4S. The first kappa shape index (κ1) is 16.5. The molecule has 0 saturated heterocycles. The van der Waals surface area contributed by atoms with Gasteiger partial charge in [0, 0.05) is 6.54 Å². The molecule has 0 bridgehead atoms. The largest absolute Gasteiger partial charge is 0.465 e. The van der Waals surface area contributed by atoms with Gasteiger partial charge >= 0.3 is 5.97 Å². The molecule has 0 aliphatic heterocycles. The summed E-state index contributed by atoms with van der Waals surface area (Å²) in [6, 6.07) is 3.37. The highest BCUT2D eigenvalue weighted by Gasteiger charge is 2.25. The van der Waals surface area contributed by atoms with Gasteiger partial charge in [0.2, 0.25) is 10.0 Å². The van der Waals surface area contributed by atoms with Crippen LogP contribution in [0.3, 0.4) is 0 Å². The normalized spacial score (nSPS) is 11.3. The molecule has 0 atom stereocenters. The molecule has 0 aromatic heterocycles. The van der Waals surface area contributed by atoms with Crippen molar-refractivity contribution in [3.63, 3.8) is 0 Å². The number of carbonyl (C=O) groups is 1. The Balaban J connectivity index is 3.06. The number of hydrogen-bond acceptors (Lipinski definition) is 5. The summed E-state index contributed by atoms with van der Waals surface area (Å²) < 4.78 is 44.5. The van der Waals surface area contributed by atoms with Crippen LogP contribution in [0.2, 0.25) is 0 Å². The summed E-state index contributed by atoms with van der Waals surface area (Å²) in [5, 5.41) is 0. The zero-order chi connectivity index (χ0) is 15.2. The molecule has 6 nitrogen and oxygen atoms in total. The van der Waals surface area contributed by atoms with Crippen LogP contribution in [-0.2, 0) is 14.8 Å². The lowest BCUT2D eigenvalue weighted by Crippen LogP contribution is -2.27. The Morgan fingerprint density at radius 3 is 2.70 bits per heavy atom. The van der Waals surface area contributed by atoms with Gasteiger partial charge in [-0.3, -0.25) is 0 Å². The van der Waals surface area contributed by atoms with Crippen LogP contribution in [0.1, 0.15) is 23.2 Å². The van der Waals surface area contributed by atoms with Gasteiger partial charge in [-0.15, -0.1) is 0 Å². The number of rotatable bonds is 7. The maximum atomic E-state index is 13.7. The van der Waals surface area contributed by atoms with E-state index < -0.39 is 32.3 Å². The molecule has 0 aliphatic carbocycles. The molecule has 0 radical (unpaired) electrons. The van der Waals surface area contributed by atoms with Gasteiger partial charge < -0.3 is 10.5 Å². The third-order valence-electron chi connectivity index (χ3n) is 2.58. The van der Waals surface area contributed by atoms with Crippen LogP contribution in [0.5, 0.6) is 0 Å². The van der Waals surface area contributed by atoms with Gasteiger partial charge in [-0.1, -0.05) is 6.07 Å². The Labute approximate surface area is 117 Å². The summed E-state index contributed by atoms with van der Waals surface area (Å²) in [7, 11) is -2.93. The molecule has 0 unspecified atom stereocenters. The number of benzene rings is 1. The first-order valence-electron chi connectivity index (χ1n) is 6.00. The van der Waals surface area contributed by atoms with Gasteiger partial charge in [-0.2, -0.15) is 0 Å². The van der Waals surface area contributed by atoms with Crippen LogP contribution in [0.25, 0.3) is 0 Å². The minimum Gasteiger partial charge on any atom is -0.465 e. The molecule has 0 saturated carbocycles. The number of ether oxygens (including phenoxy) is 1. The fraction of sp³-hybridized carbons (Fsp3) is 0.417. The SMILES string of the molecule is COC(=O)c1c(F)cccc1S(=O)(=O)NCCCCN. The molecule has 0 aliphatic rings. The van der Waals surface area contributed by atoms with Crippen LogP contribution in [0.15, 0.2) is 23.1 Å². The second-order valence-electron chi connectivity index (χ2n) is 4.00. The molecule has 1 aromatic carbocycles. The fourth-order valence-corrected chi connectivity index (χ4v) is 2.86. The van der Waals surface area contributed by atoms with E-state index in [-0.39, 0.29) is 6.54 Å². The summed E-state index contributed by atoms with van der Waals surface area (Å²) in [6.07, 6.45) is 1.22.